The SMILES string of the molecule is COc1cccc(-c2ccc(=O)n(Cc3ccc4nccnc4c3)n2)c1. The van der Waals surface area contributed by atoms with Crippen molar-refractivity contribution in [3.8, 4) is 17.0 Å². The van der Waals surface area contributed by atoms with Crippen molar-refractivity contribution in [2.24, 2.45) is 0 Å². The molecule has 26 heavy (non-hydrogen) atoms. The van der Waals surface area contributed by atoms with E-state index in [9.17, 15) is 4.79 Å². The largest absolute Gasteiger partial charge is 0.497 e. The molecule has 0 aliphatic carbocycles. The first-order valence-electron chi connectivity index (χ1n) is 8.15. The normalized spacial score (nSPS) is 10.8. The molecule has 4 aromatic rings. The summed E-state index contributed by atoms with van der Waals surface area (Å²) < 4.78 is 6.71. The van der Waals surface area contributed by atoms with Gasteiger partial charge >= 0.3 is 0 Å². The van der Waals surface area contributed by atoms with E-state index in [1.165, 1.54) is 10.7 Å². The van der Waals surface area contributed by atoms with Crippen LogP contribution in [-0.4, -0.2) is 26.9 Å². The predicted molar refractivity (Wildman–Crippen MR) is 99.1 cm³/mol. The molecule has 0 aliphatic heterocycles. The number of hydrogen-bond acceptors (Lipinski definition) is 5. The molecule has 6 heteroatoms. The molecule has 0 unspecified atom stereocenters. The minimum absolute atomic E-state index is 0.157. The lowest BCUT2D eigenvalue weighted by atomic mass is 10.1. The average molecular weight is 344 g/mol. The maximum Gasteiger partial charge on any atom is 0.267 e. The summed E-state index contributed by atoms with van der Waals surface area (Å²) in [4.78, 5) is 20.8. The van der Waals surface area contributed by atoms with Gasteiger partial charge in [-0.2, -0.15) is 5.10 Å². The second-order valence-corrected chi connectivity index (χ2v) is 5.83. The Labute approximate surface area is 149 Å². The van der Waals surface area contributed by atoms with Crippen LogP contribution in [0.2, 0.25) is 0 Å². The summed E-state index contributed by atoms with van der Waals surface area (Å²) >= 11 is 0. The minimum atomic E-state index is -0.157. The molecule has 0 spiro atoms. The summed E-state index contributed by atoms with van der Waals surface area (Å²) in [6.07, 6.45) is 3.31. The molecule has 6 nitrogen and oxygen atoms in total. The fraction of sp³-hybridized carbons (Fsp3) is 0.100. The van der Waals surface area contributed by atoms with Gasteiger partial charge in [-0.1, -0.05) is 18.2 Å². The van der Waals surface area contributed by atoms with E-state index >= 15 is 0 Å². The summed E-state index contributed by atoms with van der Waals surface area (Å²) in [6, 6.07) is 16.6. The highest BCUT2D eigenvalue weighted by atomic mass is 16.5. The molecular weight excluding hydrogens is 328 g/mol. The smallest absolute Gasteiger partial charge is 0.267 e. The first kappa shape index (κ1) is 16.0. The number of fused-ring (bicyclic) bond motifs is 1. The zero-order valence-electron chi connectivity index (χ0n) is 14.2. The van der Waals surface area contributed by atoms with E-state index in [1.54, 1.807) is 25.6 Å². The zero-order valence-corrected chi connectivity index (χ0v) is 14.2. The van der Waals surface area contributed by atoms with Crippen LogP contribution in [0.4, 0.5) is 0 Å². The van der Waals surface area contributed by atoms with E-state index in [0.29, 0.717) is 12.2 Å². The zero-order chi connectivity index (χ0) is 17.9. The van der Waals surface area contributed by atoms with Gasteiger partial charge in [-0.05, 0) is 35.9 Å². The van der Waals surface area contributed by atoms with Gasteiger partial charge < -0.3 is 4.74 Å². The molecule has 0 aliphatic rings. The van der Waals surface area contributed by atoms with Crippen LogP contribution < -0.4 is 10.3 Å². The van der Waals surface area contributed by atoms with Crippen LogP contribution in [0.5, 0.6) is 5.75 Å². The molecule has 0 radical (unpaired) electrons. The molecule has 0 saturated carbocycles. The molecule has 0 saturated heterocycles. The molecule has 2 aromatic heterocycles. The van der Waals surface area contributed by atoms with Gasteiger partial charge in [0.2, 0.25) is 0 Å². The Kier molecular flexibility index (Phi) is 4.15. The van der Waals surface area contributed by atoms with Crippen LogP contribution in [0.1, 0.15) is 5.56 Å². The van der Waals surface area contributed by atoms with Crippen molar-refractivity contribution in [3.63, 3.8) is 0 Å². The van der Waals surface area contributed by atoms with Gasteiger partial charge in [0, 0.05) is 24.0 Å². The van der Waals surface area contributed by atoms with E-state index in [-0.39, 0.29) is 5.56 Å². The quantitative estimate of drug-likeness (QED) is 0.569. The number of aromatic nitrogens is 4. The number of rotatable bonds is 4. The van der Waals surface area contributed by atoms with Gasteiger partial charge in [0.05, 0.1) is 30.4 Å². The van der Waals surface area contributed by atoms with Crippen LogP contribution in [-0.2, 0) is 6.54 Å². The lowest BCUT2D eigenvalue weighted by Crippen LogP contribution is -2.22. The van der Waals surface area contributed by atoms with E-state index < -0.39 is 0 Å². The van der Waals surface area contributed by atoms with Crippen molar-refractivity contribution in [3.05, 3.63) is 82.9 Å². The summed E-state index contributed by atoms with van der Waals surface area (Å²) in [5.74, 6) is 0.746. The molecular formula is C20H16N4O2. The van der Waals surface area contributed by atoms with Crippen LogP contribution in [0.25, 0.3) is 22.3 Å². The second kappa shape index (κ2) is 6.76. The van der Waals surface area contributed by atoms with Crippen molar-refractivity contribution in [2.45, 2.75) is 6.54 Å². The van der Waals surface area contributed by atoms with Gasteiger partial charge in [-0.15, -0.1) is 0 Å². The lowest BCUT2D eigenvalue weighted by Gasteiger charge is -2.09. The Morgan fingerprint density at radius 2 is 1.81 bits per heavy atom. The number of benzene rings is 2. The van der Waals surface area contributed by atoms with Crippen molar-refractivity contribution in [1.29, 1.82) is 0 Å². The molecule has 2 heterocycles. The Morgan fingerprint density at radius 1 is 0.962 bits per heavy atom. The summed E-state index contributed by atoms with van der Waals surface area (Å²) in [7, 11) is 1.62. The van der Waals surface area contributed by atoms with E-state index in [2.05, 4.69) is 15.1 Å². The number of ether oxygens (including phenoxy) is 1. The maximum atomic E-state index is 12.2. The summed E-state index contributed by atoms with van der Waals surface area (Å²) in [6.45, 7) is 0.364. The predicted octanol–water partition coefficient (Wildman–Crippen LogP) is 2.91. The third-order valence-electron chi connectivity index (χ3n) is 4.10. The summed E-state index contributed by atoms with van der Waals surface area (Å²) in [5.41, 5.74) is 4.00. The highest BCUT2D eigenvalue weighted by Crippen LogP contribution is 2.21. The molecule has 0 N–H and O–H groups in total. The fourth-order valence-corrected chi connectivity index (χ4v) is 2.78. The van der Waals surface area contributed by atoms with Crippen LogP contribution in [0.15, 0.2) is 71.8 Å². The van der Waals surface area contributed by atoms with Crippen LogP contribution in [0, 0.1) is 0 Å². The van der Waals surface area contributed by atoms with Gasteiger partial charge in [-0.3, -0.25) is 14.8 Å². The second-order valence-electron chi connectivity index (χ2n) is 5.83. The Morgan fingerprint density at radius 3 is 2.65 bits per heavy atom. The molecule has 0 bridgehead atoms. The highest BCUT2D eigenvalue weighted by molar-refractivity contribution is 5.74. The highest BCUT2D eigenvalue weighted by Gasteiger charge is 2.06. The number of nitrogens with zero attached hydrogens (tertiary/aromatic N) is 4. The van der Waals surface area contributed by atoms with Gasteiger partial charge in [0.1, 0.15) is 5.75 Å². The van der Waals surface area contributed by atoms with Gasteiger partial charge in [0.15, 0.2) is 0 Å². The Hall–Kier alpha value is -3.54. The van der Waals surface area contributed by atoms with E-state index in [1.807, 2.05) is 42.5 Å². The third kappa shape index (κ3) is 3.17. The maximum absolute atomic E-state index is 12.2. The van der Waals surface area contributed by atoms with Gasteiger partial charge in [-0.25, -0.2) is 4.68 Å². The molecule has 0 atom stereocenters. The summed E-state index contributed by atoms with van der Waals surface area (Å²) in [5, 5.41) is 4.51. The lowest BCUT2D eigenvalue weighted by molar-refractivity contribution is 0.415. The van der Waals surface area contributed by atoms with Crippen molar-refractivity contribution in [1.82, 2.24) is 19.7 Å². The molecule has 2 aromatic carbocycles. The molecule has 0 fully saturated rings. The van der Waals surface area contributed by atoms with Crippen molar-refractivity contribution < 1.29 is 4.74 Å². The first-order chi connectivity index (χ1) is 12.7. The third-order valence-corrected chi connectivity index (χ3v) is 4.10. The van der Waals surface area contributed by atoms with Crippen LogP contribution >= 0.6 is 0 Å². The van der Waals surface area contributed by atoms with Gasteiger partial charge in [0.25, 0.3) is 5.56 Å². The van der Waals surface area contributed by atoms with E-state index in [0.717, 1.165) is 27.9 Å². The molecule has 0 amide bonds. The van der Waals surface area contributed by atoms with E-state index in [4.69, 9.17) is 4.74 Å². The average Bonchev–Trinajstić information content (AvgIpc) is 2.69. The monoisotopic (exact) mass is 344 g/mol. The fourth-order valence-electron chi connectivity index (χ4n) is 2.78. The minimum Gasteiger partial charge on any atom is -0.497 e. The number of hydrogen-bond donors (Lipinski definition) is 0. The topological polar surface area (TPSA) is 69.9 Å². The Bertz CT molecular complexity index is 1140. The van der Waals surface area contributed by atoms with Crippen LogP contribution in [0.3, 0.4) is 0 Å². The molecule has 4 rings (SSSR count). The standard InChI is InChI=1S/C20H16N4O2/c1-26-16-4-2-3-15(12-16)17-7-8-20(25)24(23-17)13-14-5-6-18-19(11-14)22-10-9-21-18/h2-12H,13H2,1H3. The number of methoxy groups -OCH3 is 1. The first-order valence-corrected chi connectivity index (χ1v) is 8.15. The molecule has 128 valence electrons. The van der Waals surface area contributed by atoms with Crippen molar-refractivity contribution >= 4 is 11.0 Å². The Balaban J connectivity index is 1.70. The van der Waals surface area contributed by atoms with Crippen molar-refractivity contribution in [2.75, 3.05) is 7.11 Å².